The number of rotatable bonds is 3. The summed E-state index contributed by atoms with van der Waals surface area (Å²) in [5, 5.41) is 0. The minimum absolute atomic E-state index is 0.0413. The van der Waals surface area contributed by atoms with Gasteiger partial charge in [0.1, 0.15) is 0 Å². The summed E-state index contributed by atoms with van der Waals surface area (Å²) in [6, 6.07) is 0.0413. The summed E-state index contributed by atoms with van der Waals surface area (Å²) < 4.78 is 4.74. The van der Waals surface area contributed by atoms with E-state index in [0.29, 0.717) is 6.42 Å². The molecular weight excluding hydrogens is 244 g/mol. The summed E-state index contributed by atoms with van der Waals surface area (Å²) in [4.78, 5) is 28.2. The highest BCUT2D eigenvalue weighted by Crippen LogP contribution is 2.25. The van der Waals surface area contributed by atoms with E-state index in [9.17, 15) is 9.59 Å². The number of likely N-dealkylation sites (tertiary alicyclic amines) is 2. The third kappa shape index (κ3) is 3.47. The Bertz CT molecular complexity index is 346. The third-order valence-electron chi connectivity index (χ3n) is 4.28. The number of hydrogen-bond acceptors (Lipinski definition) is 4. The summed E-state index contributed by atoms with van der Waals surface area (Å²) in [5.74, 6) is 0.134. The summed E-state index contributed by atoms with van der Waals surface area (Å²) in [6.07, 6.45) is 4.34. The van der Waals surface area contributed by atoms with Crippen molar-refractivity contribution < 1.29 is 14.3 Å². The lowest BCUT2D eigenvalue weighted by Gasteiger charge is -2.36. The maximum Gasteiger partial charge on any atom is 0.307 e. The molecule has 0 aliphatic carbocycles. The Balaban J connectivity index is 1.98. The van der Waals surface area contributed by atoms with E-state index in [1.54, 1.807) is 0 Å². The average Bonchev–Trinajstić information content (AvgIpc) is 2.85. The van der Waals surface area contributed by atoms with Gasteiger partial charge in [-0.25, -0.2) is 0 Å². The number of methoxy groups -OCH3 is 1. The van der Waals surface area contributed by atoms with Crippen molar-refractivity contribution in [2.75, 3.05) is 33.8 Å². The molecule has 2 unspecified atom stereocenters. The second kappa shape index (κ2) is 6.37. The van der Waals surface area contributed by atoms with Crippen LogP contribution in [0.2, 0.25) is 0 Å². The van der Waals surface area contributed by atoms with Crippen molar-refractivity contribution in [3.8, 4) is 0 Å². The second-order valence-corrected chi connectivity index (χ2v) is 5.71. The minimum Gasteiger partial charge on any atom is -0.469 e. The Morgan fingerprint density at radius 2 is 2.00 bits per heavy atom. The molecule has 0 aromatic carbocycles. The van der Waals surface area contributed by atoms with Gasteiger partial charge < -0.3 is 14.5 Å². The predicted octanol–water partition coefficient (Wildman–Crippen LogP) is 0.882. The summed E-state index contributed by atoms with van der Waals surface area (Å²) in [5.41, 5.74) is 0. The van der Waals surface area contributed by atoms with E-state index in [4.69, 9.17) is 4.74 Å². The first-order chi connectivity index (χ1) is 9.11. The molecule has 2 heterocycles. The zero-order chi connectivity index (χ0) is 13.8. The SMILES string of the molecule is COC(=O)CC1CCCCN1C(=O)C1CCN(C)C1. The standard InChI is InChI=1S/C14H24N2O3/c1-15-8-6-11(10-15)14(18)16-7-4-3-5-12(16)9-13(17)19-2/h11-12H,3-10H2,1-2H3. The van der Waals surface area contributed by atoms with Crippen LogP contribution in [0.25, 0.3) is 0 Å². The van der Waals surface area contributed by atoms with Crippen LogP contribution in [-0.4, -0.2) is 61.5 Å². The van der Waals surface area contributed by atoms with E-state index in [0.717, 1.165) is 45.3 Å². The summed E-state index contributed by atoms with van der Waals surface area (Å²) in [7, 11) is 3.46. The van der Waals surface area contributed by atoms with Crippen LogP contribution < -0.4 is 0 Å². The van der Waals surface area contributed by atoms with Gasteiger partial charge in [0.25, 0.3) is 0 Å². The molecule has 0 N–H and O–H groups in total. The molecule has 0 aromatic heterocycles. The monoisotopic (exact) mass is 268 g/mol. The van der Waals surface area contributed by atoms with Gasteiger partial charge in [0.05, 0.1) is 19.4 Å². The molecule has 2 aliphatic heterocycles. The van der Waals surface area contributed by atoms with E-state index < -0.39 is 0 Å². The predicted molar refractivity (Wildman–Crippen MR) is 71.6 cm³/mol. The summed E-state index contributed by atoms with van der Waals surface area (Å²) in [6.45, 7) is 2.63. The number of carbonyl (C=O) groups is 2. The van der Waals surface area contributed by atoms with Gasteiger partial charge in [-0.2, -0.15) is 0 Å². The smallest absolute Gasteiger partial charge is 0.307 e. The number of nitrogens with zero attached hydrogens (tertiary/aromatic N) is 2. The van der Waals surface area contributed by atoms with E-state index in [1.165, 1.54) is 7.11 Å². The molecule has 0 spiro atoms. The Hall–Kier alpha value is -1.10. The van der Waals surface area contributed by atoms with Gasteiger partial charge in [-0.3, -0.25) is 9.59 Å². The Kier molecular flexibility index (Phi) is 4.80. The van der Waals surface area contributed by atoms with Gasteiger partial charge in [0.15, 0.2) is 0 Å². The zero-order valence-corrected chi connectivity index (χ0v) is 11.9. The van der Waals surface area contributed by atoms with Gasteiger partial charge in [0, 0.05) is 19.1 Å². The second-order valence-electron chi connectivity index (χ2n) is 5.71. The molecule has 2 fully saturated rings. The number of hydrogen-bond donors (Lipinski definition) is 0. The number of amides is 1. The molecule has 19 heavy (non-hydrogen) atoms. The van der Waals surface area contributed by atoms with Crippen LogP contribution in [0, 0.1) is 5.92 Å². The van der Waals surface area contributed by atoms with Gasteiger partial charge in [-0.15, -0.1) is 0 Å². The quantitative estimate of drug-likeness (QED) is 0.713. The van der Waals surface area contributed by atoms with Gasteiger partial charge in [-0.1, -0.05) is 0 Å². The Morgan fingerprint density at radius 1 is 1.21 bits per heavy atom. The van der Waals surface area contributed by atoms with E-state index in [1.807, 2.05) is 4.90 Å². The molecule has 0 radical (unpaired) electrons. The first kappa shape index (κ1) is 14.3. The largest absolute Gasteiger partial charge is 0.469 e. The minimum atomic E-state index is -0.215. The van der Waals surface area contributed by atoms with Crippen molar-refractivity contribution in [2.45, 2.75) is 38.1 Å². The highest BCUT2D eigenvalue weighted by atomic mass is 16.5. The van der Waals surface area contributed by atoms with E-state index in [-0.39, 0.29) is 23.8 Å². The van der Waals surface area contributed by atoms with Crippen LogP contribution in [0.5, 0.6) is 0 Å². The fraction of sp³-hybridized carbons (Fsp3) is 0.857. The lowest BCUT2D eigenvalue weighted by atomic mass is 9.96. The van der Waals surface area contributed by atoms with Crippen LogP contribution in [0.15, 0.2) is 0 Å². The van der Waals surface area contributed by atoms with Crippen LogP contribution >= 0.6 is 0 Å². The molecule has 2 saturated heterocycles. The molecular formula is C14H24N2O3. The Labute approximate surface area is 114 Å². The van der Waals surface area contributed by atoms with E-state index >= 15 is 0 Å². The van der Waals surface area contributed by atoms with Gasteiger partial charge in [-0.05, 0) is 39.3 Å². The summed E-state index contributed by atoms with van der Waals surface area (Å²) >= 11 is 0. The van der Waals surface area contributed by atoms with Crippen molar-refractivity contribution in [2.24, 2.45) is 5.92 Å². The molecule has 108 valence electrons. The van der Waals surface area contributed by atoms with Crippen molar-refractivity contribution in [3.63, 3.8) is 0 Å². The topological polar surface area (TPSA) is 49.9 Å². The molecule has 0 saturated carbocycles. The lowest BCUT2D eigenvalue weighted by molar-refractivity contribution is -0.145. The Morgan fingerprint density at radius 3 is 2.63 bits per heavy atom. The maximum atomic E-state index is 12.6. The first-order valence-electron chi connectivity index (χ1n) is 7.17. The van der Waals surface area contributed by atoms with Crippen LogP contribution in [0.1, 0.15) is 32.1 Å². The average molecular weight is 268 g/mol. The molecule has 2 atom stereocenters. The van der Waals surface area contributed by atoms with Gasteiger partial charge in [0.2, 0.25) is 5.91 Å². The van der Waals surface area contributed by atoms with Crippen molar-refractivity contribution in [1.29, 1.82) is 0 Å². The number of carbonyl (C=O) groups excluding carboxylic acids is 2. The van der Waals surface area contributed by atoms with Gasteiger partial charge >= 0.3 is 5.97 Å². The number of piperidine rings is 1. The van der Waals surface area contributed by atoms with Crippen molar-refractivity contribution in [1.82, 2.24) is 9.80 Å². The maximum absolute atomic E-state index is 12.6. The molecule has 2 aliphatic rings. The van der Waals surface area contributed by atoms with Crippen LogP contribution in [0.4, 0.5) is 0 Å². The van der Waals surface area contributed by atoms with Crippen LogP contribution in [-0.2, 0) is 14.3 Å². The molecule has 2 rings (SSSR count). The van der Waals surface area contributed by atoms with Crippen molar-refractivity contribution >= 4 is 11.9 Å². The third-order valence-corrected chi connectivity index (χ3v) is 4.28. The fourth-order valence-electron chi connectivity index (χ4n) is 3.15. The van der Waals surface area contributed by atoms with Crippen LogP contribution in [0.3, 0.4) is 0 Å². The molecule has 5 nitrogen and oxygen atoms in total. The lowest BCUT2D eigenvalue weighted by Crippen LogP contribution is -2.47. The molecule has 0 bridgehead atoms. The van der Waals surface area contributed by atoms with E-state index in [2.05, 4.69) is 11.9 Å². The zero-order valence-electron chi connectivity index (χ0n) is 11.9. The molecule has 1 amide bonds. The highest BCUT2D eigenvalue weighted by Gasteiger charge is 2.35. The first-order valence-corrected chi connectivity index (χ1v) is 7.17. The van der Waals surface area contributed by atoms with Crippen molar-refractivity contribution in [3.05, 3.63) is 0 Å². The number of esters is 1. The fourth-order valence-corrected chi connectivity index (χ4v) is 3.15. The highest BCUT2D eigenvalue weighted by molar-refractivity contribution is 5.80. The molecule has 0 aromatic rings. The molecule has 5 heteroatoms. The normalized spacial score (nSPS) is 28.4. The number of ether oxygens (including phenoxy) is 1.